The van der Waals surface area contributed by atoms with Crippen LogP contribution in [0.3, 0.4) is 0 Å². The molecule has 0 aromatic rings. The Labute approximate surface area is 208 Å². The van der Waals surface area contributed by atoms with Crippen LogP contribution in [0.25, 0.3) is 0 Å². The third-order valence-corrected chi connectivity index (χ3v) is 6.60. The second kappa shape index (κ2) is 12.6. The van der Waals surface area contributed by atoms with Crippen molar-refractivity contribution in [1.82, 2.24) is 10.4 Å². The summed E-state index contributed by atoms with van der Waals surface area (Å²) in [6, 6.07) is -0.0698. The Morgan fingerprint density at radius 1 is 1.25 bits per heavy atom. The van der Waals surface area contributed by atoms with Crippen molar-refractivity contribution in [1.29, 1.82) is 0 Å². The SMILES string of the molecule is CCC(O)CC(N)CC(I)NCCC(=O)OC1CC(C)(C)N(OCC(C)(C)O)C(C)(C)C1. The van der Waals surface area contributed by atoms with E-state index in [4.69, 9.17) is 15.3 Å². The second-order valence-corrected chi connectivity index (χ2v) is 12.5. The molecule has 32 heavy (non-hydrogen) atoms. The van der Waals surface area contributed by atoms with Gasteiger partial charge in [0.15, 0.2) is 0 Å². The van der Waals surface area contributed by atoms with Crippen molar-refractivity contribution in [2.45, 2.75) is 126 Å². The minimum Gasteiger partial charge on any atom is -0.462 e. The van der Waals surface area contributed by atoms with Gasteiger partial charge in [-0.2, -0.15) is 5.06 Å². The van der Waals surface area contributed by atoms with Gasteiger partial charge in [-0.05, 0) is 60.8 Å². The molecule has 5 N–H and O–H groups in total. The zero-order chi connectivity index (χ0) is 24.7. The number of carbonyl (C=O) groups excluding carboxylic acids is 1. The quantitative estimate of drug-likeness (QED) is 0.115. The van der Waals surface area contributed by atoms with Crippen LogP contribution in [0.2, 0.25) is 0 Å². The van der Waals surface area contributed by atoms with Gasteiger partial charge in [0.25, 0.3) is 0 Å². The zero-order valence-corrected chi connectivity index (χ0v) is 23.1. The first-order chi connectivity index (χ1) is 14.6. The van der Waals surface area contributed by atoms with E-state index in [1.165, 1.54) is 0 Å². The van der Waals surface area contributed by atoms with Crippen molar-refractivity contribution in [2.24, 2.45) is 5.73 Å². The summed E-state index contributed by atoms with van der Waals surface area (Å²) in [6.07, 6.45) is 3.09. The summed E-state index contributed by atoms with van der Waals surface area (Å²) in [6.45, 7) is 14.4. The number of nitrogens with two attached hydrogens (primary N) is 1. The lowest BCUT2D eigenvalue weighted by molar-refractivity contribution is -0.306. The van der Waals surface area contributed by atoms with Gasteiger partial charge in [-0.25, -0.2) is 0 Å². The Kier molecular flexibility index (Phi) is 11.8. The molecule has 0 radical (unpaired) electrons. The summed E-state index contributed by atoms with van der Waals surface area (Å²) in [5.74, 6) is -0.214. The molecule has 0 spiro atoms. The molecule has 0 bridgehead atoms. The van der Waals surface area contributed by atoms with Crippen LogP contribution >= 0.6 is 22.6 Å². The molecule has 0 aromatic heterocycles. The van der Waals surface area contributed by atoms with Gasteiger partial charge in [-0.15, -0.1) is 0 Å². The number of ether oxygens (including phenoxy) is 1. The Morgan fingerprint density at radius 3 is 2.31 bits per heavy atom. The van der Waals surface area contributed by atoms with Crippen LogP contribution < -0.4 is 11.1 Å². The van der Waals surface area contributed by atoms with E-state index in [1.807, 2.05) is 12.0 Å². The summed E-state index contributed by atoms with van der Waals surface area (Å²) in [4.78, 5) is 18.5. The maximum absolute atomic E-state index is 12.5. The molecule has 0 saturated carbocycles. The predicted molar refractivity (Wildman–Crippen MR) is 135 cm³/mol. The van der Waals surface area contributed by atoms with Crippen molar-refractivity contribution >= 4 is 28.6 Å². The van der Waals surface area contributed by atoms with Crippen LogP contribution in [0.1, 0.15) is 87.0 Å². The maximum atomic E-state index is 12.5. The van der Waals surface area contributed by atoms with E-state index in [2.05, 4.69) is 55.6 Å². The van der Waals surface area contributed by atoms with Crippen molar-refractivity contribution in [3.8, 4) is 0 Å². The Balaban J connectivity index is 2.47. The van der Waals surface area contributed by atoms with Gasteiger partial charge in [0.2, 0.25) is 0 Å². The lowest BCUT2D eigenvalue weighted by Gasteiger charge is -2.53. The van der Waals surface area contributed by atoms with E-state index in [-0.39, 0.29) is 46.0 Å². The van der Waals surface area contributed by atoms with Crippen LogP contribution in [0.5, 0.6) is 0 Å². The predicted octanol–water partition coefficient (Wildman–Crippen LogP) is 2.87. The number of hydrogen-bond donors (Lipinski definition) is 4. The number of piperidine rings is 1. The van der Waals surface area contributed by atoms with E-state index in [0.717, 1.165) is 6.42 Å². The number of rotatable bonds is 13. The molecule has 9 heteroatoms. The number of nitrogens with zero attached hydrogens (tertiary/aromatic N) is 1. The van der Waals surface area contributed by atoms with Gasteiger partial charge >= 0.3 is 5.97 Å². The number of hydroxylamine groups is 2. The Morgan fingerprint density at radius 2 is 1.81 bits per heavy atom. The summed E-state index contributed by atoms with van der Waals surface area (Å²) in [7, 11) is 0. The molecule has 1 rings (SSSR count). The highest BCUT2D eigenvalue weighted by Gasteiger charge is 2.48. The second-order valence-electron chi connectivity index (χ2n) is 11.0. The number of nitrogens with one attached hydrogen (secondary N) is 1. The van der Waals surface area contributed by atoms with E-state index < -0.39 is 5.60 Å². The van der Waals surface area contributed by atoms with Gasteiger partial charge in [0, 0.05) is 36.5 Å². The molecule has 1 fully saturated rings. The lowest BCUT2D eigenvalue weighted by Crippen LogP contribution is -2.62. The lowest BCUT2D eigenvalue weighted by atomic mass is 9.80. The number of aliphatic hydroxyl groups is 2. The third kappa shape index (κ3) is 10.9. The van der Waals surface area contributed by atoms with Crippen molar-refractivity contribution in [3.63, 3.8) is 0 Å². The van der Waals surface area contributed by atoms with Gasteiger partial charge in [-0.1, -0.05) is 29.5 Å². The fourth-order valence-corrected chi connectivity index (χ4v) is 5.33. The average molecular weight is 572 g/mol. The largest absolute Gasteiger partial charge is 0.462 e. The standard InChI is InChI=1S/C23H46IN3O5/c1-8-17(28)11-16(25)12-19(24)26-10-9-20(29)32-18-13-21(2,3)27(22(4,5)14-18)31-15-23(6,7)30/h16-19,26,28,30H,8-15,25H2,1-7H3. The number of alkyl halides is 1. The Bertz CT molecular complexity index is 564. The van der Waals surface area contributed by atoms with Gasteiger partial charge in [0.05, 0.1) is 28.8 Å². The van der Waals surface area contributed by atoms with Gasteiger partial charge in [0.1, 0.15) is 6.10 Å². The molecule has 0 amide bonds. The highest BCUT2D eigenvalue weighted by molar-refractivity contribution is 14.1. The molecule has 8 nitrogen and oxygen atoms in total. The third-order valence-electron chi connectivity index (χ3n) is 5.65. The first-order valence-corrected chi connectivity index (χ1v) is 13.0. The minimum atomic E-state index is -0.918. The molecule has 190 valence electrons. The van der Waals surface area contributed by atoms with Gasteiger partial charge in [-0.3, -0.25) is 9.63 Å². The summed E-state index contributed by atoms with van der Waals surface area (Å²) in [5, 5.41) is 25.0. The molecular formula is C23H46IN3O5. The van der Waals surface area contributed by atoms with Crippen LogP contribution in [-0.2, 0) is 14.4 Å². The van der Waals surface area contributed by atoms with E-state index >= 15 is 0 Å². The fraction of sp³-hybridized carbons (Fsp3) is 0.957. The number of halogens is 1. The minimum absolute atomic E-state index is 0.0698. The number of hydrogen-bond acceptors (Lipinski definition) is 8. The number of aliphatic hydroxyl groups excluding tert-OH is 1. The van der Waals surface area contributed by atoms with Crippen LogP contribution in [0.15, 0.2) is 0 Å². The molecule has 0 aliphatic carbocycles. The molecule has 3 atom stereocenters. The van der Waals surface area contributed by atoms with Crippen LogP contribution in [-0.4, -0.2) is 73.4 Å². The molecular weight excluding hydrogens is 525 g/mol. The summed E-state index contributed by atoms with van der Waals surface area (Å²) >= 11 is 2.28. The van der Waals surface area contributed by atoms with Crippen molar-refractivity contribution < 1.29 is 24.6 Å². The van der Waals surface area contributed by atoms with Crippen molar-refractivity contribution in [3.05, 3.63) is 0 Å². The highest BCUT2D eigenvalue weighted by Crippen LogP contribution is 2.40. The molecule has 3 unspecified atom stereocenters. The summed E-state index contributed by atoms with van der Waals surface area (Å²) < 4.78 is 5.95. The van der Waals surface area contributed by atoms with Crippen LogP contribution in [0, 0.1) is 0 Å². The molecule has 1 aliphatic rings. The van der Waals surface area contributed by atoms with E-state index in [9.17, 15) is 15.0 Å². The smallest absolute Gasteiger partial charge is 0.307 e. The molecule has 1 aliphatic heterocycles. The van der Waals surface area contributed by atoms with E-state index in [0.29, 0.717) is 38.6 Å². The first kappa shape index (κ1) is 30.0. The highest BCUT2D eigenvalue weighted by atomic mass is 127. The Hall–Kier alpha value is -0.0400. The van der Waals surface area contributed by atoms with Crippen molar-refractivity contribution in [2.75, 3.05) is 13.2 Å². The maximum Gasteiger partial charge on any atom is 0.307 e. The number of esters is 1. The molecule has 0 aromatic carbocycles. The normalized spacial score (nSPS) is 22.3. The van der Waals surface area contributed by atoms with E-state index in [1.54, 1.807) is 13.8 Å². The van der Waals surface area contributed by atoms with Gasteiger partial charge < -0.3 is 26.0 Å². The van der Waals surface area contributed by atoms with Crippen LogP contribution in [0.4, 0.5) is 0 Å². The number of carbonyl (C=O) groups is 1. The molecule has 1 saturated heterocycles. The first-order valence-electron chi connectivity index (χ1n) is 11.7. The summed E-state index contributed by atoms with van der Waals surface area (Å²) in [5.41, 5.74) is 4.48. The topological polar surface area (TPSA) is 117 Å². The zero-order valence-electron chi connectivity index (χ0n) is 21.0. The monoisotopic (exact) mass is 571 g/mol. The average Bonchev–Trinajstić information content (AvgIpc) is 2.57. The fourth-order valence-electron chi connectivity index (χ4n) is 4.36. The molecule has 1 heterocycles.